The van der Waals surface area contributed by atoms with Crippen LogP contribution in [-0.2, 0) is 19.6 Å². The number of benzene rings is 1. The molecule has 0 aromatic heterocycles. The van der Waals surface area contributed by atoms with Gasteiger partial charge in [0.1, 0.15) is 0 Å². The molecule has 0 atom stereocenters. The summed E-state index contributed by atoms with van der Waals surface area (Å²) in [6, 6.07) is 7.38. The Morgan fingerprint density at radius 2 is 1.56 bits per heavy atom. The summed E-state index contributed by atoms with van der Waals surface area (Å²) < 4.78 is 22.8. The maximum Gasteiger partial charge on any atom is 0.310 e. The van der Waals surface area contributed by atoms with Crippen LogP contribution in [0.15, 0.2) is 30.3 Å². The van der Waals surface area contributed by atoms with Crippen LogP contribution >= 0.6 is 0 Å². The summed E-state index contributed by atoms with van der Waals surface area (Å²) in [5.41, 5.74) is 0.0116. The largest absolute Gasteiger partial charge is 0.310 e. The maximum absolute atomic E-state index is 11.9. The molecule has 96 valence electrons. The molecule has 0 fully saturated rings. The van der Waals surface area contributed by atoms with Gasteiger partial charge >= 0.3 is 5.91 Å². The van der Waals surface area contributed by atoms with Crippen LogP contribution in [-0.4, -0.2) is 36.6 Å². The number of amides is 2. The number of carbonyl (C=O) groups is 3. The number of sulfonamides is 1. The lowest BCUT2D eigenvalue weighted by Crippen LogP contribution is -2.44. The van der Waals surface area contributed by atoms with Crippen LogP contribution in [0.5, 0.6) is 0 Å². The van der Waals surface area contributed by atoms with Gasteiger partial charge in [-0.05, 0) is 12.1 Å². The van der Waals surface area contributed by atoms with E-state index < -0.39 is 27.6 Å². The monoisotopic (exact) mass is 269 g/mol. The number of hydrogen-bond acceptors (Lipinski definition) is 5. The average Bonchev–Trinajstić information content (AvgIpc) is 2.28. The summed E-state index contributed by atoms with van der Waals surface area (Å²) in [7, 11) is -4.14. The molecule has 0 aliphatic carbocycles. The van der Waals surface area contributed by atoms with Crippen LogP contribution in [0.2, 0.25) is 0 Å². The van der Waals surface area contributed by atoms with Crippen molar-refractivity contribution in [3.05, 3.63) is 35.9 Å². The van der Waals surface area contributed by atoms with Crippen molar-refractivity contribution in [2.24, 2.45) is 0 Å². The zero-order valence-corrected chi connectivity index (χ0v) is 10.6. The van der Waals surface area contributed by atoms with Crippen LogP contribution in [0.4, 0.5) is 0 Å². The second kappa shape index (κ2) is 5.09. The van der Waals surface area contributed by atoms with Crippen molar-refractivity contribution in [2.45, 2.75) is 6.92 Å². The smallest absolute Gasteiger partial charge is 0.289 e. The van der Waals surface area contributed by atoms with Crippen LogP contribution in [0.25, 0.3) is 0 Å². The molecule has 0 saturated heterocycles. The molecule has 0 unspecified atom stereocenters. The molecule has 0 spiro atoms. The second-order valence-electron chi connectivity index (χ2n) is 3.56. The number of carbonyl (C=O) groups excluding carboxylic acids is 3. The molecule has 1 aromatic carbocycles. The predicted molar refractivity (Wildman–Crippen MR) is 63.1 cm³/mol. The van der Waals surface area contributed by atoms with Crippen LogP contribution < -0.4 is 0 Å². The fourth-order valence-electron chi connectivity index (χ4n) is 1.23. The fourth-order valence-corrected chi connectivity index (χ4v) is 2.07. The first-order valence-electron chi connectivity index (χ1n) is 4.89. The van der Waals surface area contributed by atoms with Gasteiger partial charge < -0.3 is 0 Å². The van der Waals surface area contributed by atoms with E-state index in [1.807, 2.05) is 0 Å². The zero-order valence-electron chi connectivity index (χ0n) is 9.78. The molecule has 0 heterocycles. The van der Waals surface area contributed by atoms with E-state index in [0.29, 0.717) is 6.26 Å². The van der Waals surface area contributed by atoms with Gasteiger partial charge in [-0.25, -0.2) is 8.42 Å². The zero-order chi connectivity index (χ0) is 13.9. The molecule has 6 nitrogen and oxygen atoms in total. The van der Waals surface area contributed by atoms with Crippen molar-refractivity contribution < 1.29 is 22.8 Å². The molecule has 0 aliphatic heterocycles. The minimum absolute atomic E-state index is 0.0116. The van der Waals surface area contributed by atoms with Gasteiger partial charge in [0, 0.05) is 12.5 Å². The van der Waals surface area contributed by atoms with Crippen molar-refractivity contribution in [3.8, 4) is 0 Å². The van der Waals surface area contributed by atoms with Gasteiger partial charge in [-0.15, -0.1) is 0 Å². The van der Waals surface area contributed by atoms with Gasteiger partial charge in [0.05, 0.1) is 6.26 Å². The number of ketones is 1. The van der Waals surface area contributed by atoms with E-state index in [2.05, 4.69) is 0 Å². The topological polar surface area (TPSA) is 88.6 Å². The Labute approximate surface area is 104 Å². The maximum atomic E-state index is 11.9. The standard InChI is InChI=1S/C11H11NO5S/c1-8(13)10(14)12(18(2,16)17)11(15)9-6-4-3-5-7-9/h3-7H,1-2H3. The van der Waals surface area contributed by atoms with Gasteiger partial charge in [0.25, 0.3) is 5.91 Å². The number of rotatable bonds is 3. The number of Topliss-reactive ketones (excluding diaryl/α,β-unsaturated/α-hetero) is 1. The molecule has 18 heavy (non-hydrogen) atoms. The molecule has 2 amide bonds. The van der Waals surface area contributed by atoms with Crippen molar-refractivity contribution >= 4 is 27.6 Å². The molecule has 1 rings (SSSR count). The minimum atomic E-state index is -4.14. The van der Waals surface area contributed by atoms with Crippen LogP contribution in [0.3, 0.4) is 0 Å². The summed E-state index contributed by atoms with van der Waals surface area (Å²) in [5.74, 6) is -3.44. The predicted octanol–water partition coefficient (Wildman–Crippen LogP) is 0.204. The van der Waals surface area contributed by atoms with Gasteiger partial charge in [0.2, 0.25) is 15.8 Å². The lowest BCUT2D eigenvalue weighted by atomic mass is 10.2. The highest BCUT2D eigenvalue weighted by atomic mass is 32.2. The average molecular weight is 269 g/mol. The number of hydrogen-bond donors (Lipinski definition) is 0. The Balaban J connectivity index is 3.26. The van der Waals surface area contributed by atoms with Crippen molar-refractivity contribution in [3.63, 3.8) is 0 Å². The van der Waals surface area contributed by atoms with Gasteiger partial charge in [-0.3, -0.25) is 14.4 Å². The Morgan fingerprint density at radius 3 is 1.94 bits per heavy atom. The first kappa shape index (κ1) is 14.0. The van der Waals surface area contributed by atoms with E-state index >= 15 is 0 Å². The third-order valence-electron chi connectivity index (χ3n) is 2.02. The minimum Gasteiger partial charge on any atom is -0.289 e. The van der Waals surface area contributed by atoms with Gasteiger partial charge in [-0.2, -0.15) is 4.31 Å². The first-order valence-corrected chi connectivity index (χ1v) is 6.74. The highest BCUT2D eigenvalue weighted by molar-refractivity contribution is 7.89. The Bertz CT molecular complexity index is 591. The second-order valence-corrected chi connectivity index (χ2v) is 5.39. The lowest BCUT2D eigenvalue weighted by molar-refractivity contribution is -0.139. The molecule has 0 aliphatic rings. The summed E-state index contributed by atoms with van der Waals surface area (Å²) in [5, 5.41) is 0. The van der Waals surface area contributed by atoms with Gasteiger partial charge in [0.15, 0.2) is 0 Å². The Hall–Kier alpha value is -2.02. The SMILES string of the molecule is CC(=O)C(=O)N(C(=O)c1ccccc1)S(C)(=O)=O. The third-order valence-corrected chi connectivity index (χ3v) is 3.02. The lowest BCUT2D eigenvalue weighted by Gasteiger charge is -2.16. The van der Waals surface area contributed by atoms with Crippen molar-refractivity contribution in [1.29, 1.82) is 0 Å². The Kier molecular flexibility index (Phi) is 3.97. The van der Waals surface area contributed by atoms with E-state index in [9.17, 15) is 22.8 Å². The highest BCUT2D eigenvalue weighted by Crippen LogP contribution is 2.09. The van der Waals surface area contributed by atoms with Crippen LogP contribution in [0.1, 0.15) is 17.3 Å². The van der Waals surface area contributed by atoms with E-state index in [1.54, 1.807) is 6.07 Å². The summed E-state index contributed by atoms with van der Waals surface area (Å²) >= 11 is 0. The quantitative estimate of drug-likeness (QED) is 0.731. The van der Waals surface area contributed by atoms with Crippen molar-refractivity contribution in [2.75, 3.05) is 6.26 Å². The molecule has 0 N–H and O–H groups in total. The fraction of sp³-hybridized carbons (Fsp3) is 0.182. The molecule has 0 bridgehead atoms. The molecule has 7 heteroatoms. The third kappa shape index (κ3) is 3.01. The number of nitrogens with zero attached hydrogens (tertiary/aromatic N) is 1. The van der Waals surface area contributed by atoms with Gasteiger partial charge in [-0.1, -0.05) is 18.2 Å². The molecule has 1 aromatic rings. The molecule has 0 radical (unpaired) electrons. The van der Waals surface area contributed by atoms with E-state index in [4.69, 9.17) is 0 Å². The highest BCUT2D eigenvalue weighted by Gasteiger charge is 2.33. The van der Waals surface area contributed by atoms with E-state index in [0.717, 1.165) is 6.92 Å². The summed E-state index contributed by atoms with van der Waals surface area (Å²) in [4.78, 5) is 34.4. The van der Waals surface area contributed by atoms with E-state index in [1.165, 1.54) is 24.3 Å². The van der Waals surface area contributed by atoms with Crippen molar-refractivity contribution in [1.82, 2.24) is 4.31 Å². The molecule has 0 saturated carbocycles. The summed E-state index contributed by atoms with van der Waals surface area (Å²) in [6.45, 7) is 0.902. The Morgan fingerprint density at radius 1 is 1.06 bits per heavy atom. The van der Waals surface area contributed by atoms with Crippen LogP contribution in [0, 0.1) is 0 Å². The molecular formula is C11H11NO5S. The molecular weight excluding hydrogens is 258 g/mol. The van der Waals surface area contributed by atoms with E-state index in [-0.39, 0.29) is 9.87 Å². The first-order chi connectivity index (χ1) is 8.25. The summed E-state index contributed by atoms with van der Waals surface area (Å²) in [6.07, 6.45) is 0.689. The number of imide groups is 1. The normalized spacial score (nSPS) is 10.8.